The van der Waals surface area contributed by atoms with Crippen molar-refractivity contribution in [3.05, 3.63) is 63.7 Å². The summed E-state index contributed by atoms with van der Waals surface area (Å²) >= 11 is 0. The number of alkyl halides is 2. The van der Waals surface area contributed by atoms with Crippen LogP contribution in [0.1, 0.15) is 52.5 Å². The van der Waals surface area contributed by atoms with E-state index in [9.17, 15) is 34.4 Å². The van der Waals surface area contributed by atoms with Crippen LogP contribution in [0.2, 0.25) is 0 Å². The van der Waals surface area contributed by atoms with Crippen molar-refractivity contribution < 1.29 is 52.2 Å². The number of nitrogens with zero attached hydrogens (tertiary/aromatic N) is 1. The second-order valence-corrected chi connectivity index (χ2v) is 13.0. The average molecular weight is 632 g/mol. The topological polar surface area (TPSA) is 159 Å². The van der Waals surface area contributed by atoms with E-state index in [4.69, 9.17) is 14.2 Å². The third-order valence-electron chi connectivity index (χ3n) is 10.7. The van der Waals surface area contributed by atoms with Crippen molar-refractivity contribution >= 4 is 29.4 Å². The van der Waals surface area contributed by atoms with Crippen LogP contribution < -0.4 is 0 Å². The number of hydrogen-bond acceptors (Lipinski definition) is 10. The summed E-state index contributed by atoms with van der Waals surface area (Å²) in [6, 6.07) is 5.59. The molecule has 0 unspecified atom stereocenters. The zero-order chi connectivity index (χ0) is 33.1. The van der Waals surface area contributed by atoms with Crippen molar-refractivity contribution in [3.63, 3.8) is 0 Å². The highest BCUT2D eigenvalue weighted by molar-refractivity contribution is 6.01. The quantitative estimate of drug-likeness (QED) is 0.254. The van der Waals surface area contributed by atoms with E-state index >= 15 is 8.78 Å². The van der Waals surface area contributed by atoms with Gasteiger partial charge >= 0.3 is 12.1 Å². The van der Waals surface area contributed by atoms with Crippen LogP contribution in [0.4, 0.5) is 19.3 Å². The zero-order valence-electron chi connectivity index (χ0n) is 25.3. The molecule has 1 N–H and O–H groups in total. The molecule has 0 amide bonds. The number of carbonyl (C=O) groups is 4. The first-order valence-corrected chi connectivity index (χ1v) is 14.7. The molecule has 0 radical (unpaired) electrons. The third-order valence-corrected chi connectivity index (χ3v) is 10.7. The van der Waals surface area contributed by atoms with E-state index in [0.717, 1.165) is 19.1 Å². The van der Waals surface area contributed by atoms with Gasteiger partial charge in [0.25, 0.3) is 5.69 Å². The molecule has 242 valence electrons. The van der Waals surface area contributed by atoms with Crippen LogP contribution in [0.25, 0.3) is 0 Å². The van der Waals surface area contributed by atoms with Crippen molar-refractivity contribution in [1.82, 2.24) is 0 Å². The number of benzene rings is 1. The molecule has 4 aliphatic rings. The van der Waals surface area contributed by atoms with Crippen LogP contribution in [-0.4, -0.2) is 63.9 Å². The van der Waals surface area contributed by atoms with Gasteiger partial charge in [-0.25, -0.2) is 13.6 Å². The standard InChI is InChI=1S/C32H35F2NO10/c1-17-11-21-22-13-24(33)23-12-20(37)9-10-29(23,3)31(22,34)26(38)14-30(21,4)32(17,45-18(2)36)27(39)16-44-28(40)43-15-19-7-5-6-8-25(19)35(41)42/h5-10,12,17,21-22,24,26,38H,11,13-16H2,1-4H3/t17-,21-,22-,24-,26-,29-,30-,31-,32-/m0/s1. The minimum Gasteiger partial charge on any atom is -0.450 e. The summed E-state index contributed by atoms with van der Waals surface area (Å²) in [5.74, 6) is -4.77. The van der Waals surface area contributed by atoms with Crippen LogP contribution >= 0.6 is 0 Å². The summed E-state index contributed by atoms with van der Waals surface area (Å²) in [4.78, 5) is 61.7. The number of aliphatic hydroxyl groups is 1. The van der Waals surface area contributed by atoms with Crippen molar-refractivity contribution in [2.45, 2.75) is 77.1 Å². The number of hydrogen-bond donors (Lipinski definition) is 1. The van der Waals surface area contributed by atoms with Gasteiger partial charge in [0, 0.05) is 35.7 Å². The predicted molar refractivity (Wildman–Crippen MR) is 152 cm³/mol. The lowest BCUT2D eigenvalue weighted by Crippen LogP contribution is -2.71. The molecule has 3 fully saturated rings. The Balaban J connectivity index is 1.42. The fourth-order valence-corrected chi connectivity index (χ4v) is 8.84. The highest BCUT2D eigenvalue weighted by Crippen LogP contribution is 2.71. The molecule has 0 spiro atoms. The molecule has 1 aromatic carbocycles. The number of carbonyl (C=O) groups excluding carboxylic acids is 4. The minimum atomic E-state index is -2.40. The third kappa shape index (κ3) is 4.69. The molecule has 0 bridgehead atoms. The SMILES string of the molecule is CC(=O)O[C@]1(C(=O)COC(=O)OCc2ccccc2[N+](=O)[O-])[C@@H](C)C[C@H]2[C@@H]3C[C@H](F)C4=CC(=O)C=C[C@]4(C)[C@@]3(F)[C@@H](O)C[C@@]21C. The van der Waals surface area contributed by atoms with Gasteiger partial charge in [0.1, 0.15) is 12.8 Å². The van der Waals surface area contributed by atoms with Crippen LogP contribution in [0.3, 0.4) is 0 Å². The maximum absolute atomic E-state index is 17.5. The summed E-state index contributed by atoms with van der Waals surface area (Å²) in [5, 5.41) is 22.8. The second-order valence-electron chi connectivity index (χ2n) is 13.0. The Morgan fingerprint density at radius 2 is 1.82 bits per heavy atom. The van der Waals surface area contributed by atoms with Gasteiger partial charge in [0.2, 0.25) is 5.78 Å². The Kier molecular flexibility index (Phi) is 8.00. The molecule has 0 saturated heterocycles. The molecule has 3 saturated carbocycles. The fraction of sp³-hybridized carbons (Fsp3) is 0.562. The number of fused-ring (bicyclic) bond motifs is 5. The van der Waals surface area contributed by atoms with Crippen LogP contribution in [0, 0.1) is 38.7 Å². The number of esters is 1. The van der Waals surface area contributed by atoms with Crippen LogP contribution in [0.5, 0.6) is 0 Å². The largest absolute Gasteiger partial charge is 0.509 e. The van der Waals surface area contributed by atoms with E-state index in [1.165, 1.54) is 37.3 Å². The molecule has 11 nitrogen and oxygen atoms in total. The summed E-state index contributed by atoms with van der Waals surface area (Å²) in [6.45, 7) is 4.35. The number of halogens is 2. The normalized spacial score (nSPS) is 38.2. The Morgan fingerprint density at radius 3 is 2.49 bits per heavy atom. The highest BCUT2D eigenvalue weighted by atomic mass is 19.1. The average Bonchev–Trinajstić information content (AvgIpc) is 3.19. The number of ketones is 2. The fourth-order valence-electron chi connectivity index (χ4n) is 8.84. The lowest BCUT2D eigenvalue weighted by molar-refractivity contribution is -0.385. The number of ether oxygens (including phenoxy) is 3. The Labute approximate surface area is 257 Å². The van der Waals surface area contributed by atoms with Crippen molar-refractivity contribution in [1.29, 1.82) is 0 Å². The Hall–Kier alpha value is -4.00. The number of nitro benzene ring substituents is 1. The maximum atomic E-state index is 17.5. The number of rotatable bonds is 7. The summed E-state index contributed by atoms with van der Waals surface area (Å²) < 4.78 is 49.1. The predicted octanol–water partition coefficient (Wildman–Crippen LogP) is 4.68. The maximum Gasteiger partial charge on any atom is 0.509 e. The van der Waals surface area contributed by atoms with E-state index in [0.29, 0.717) is 0 Å². The van der Waals surface area contributed by atoms with Gasteiger partial charge in [-0.1, -0.05) is 32.1 Å². The van der Waals surface area contributed by atoms with Gasteiger partial charge in [0.05, 0.1) is 16.6 Å². The molecule has 0 aromatic heterocycles. The minimum absolute atomic E-state index is 0.0440. The Morgan fingerprint density at radius 1 is 1.13 bits per heavy atom. The molecule has 4 aliphatic carbocycles. The Bertz CT molecular complexity index is 1530. The van der Waals surface area contributed by atoms with E-state index in [2.05, 4.69) is 0 Å². The van der Waals surface area contributed by atoms with Gasteiger partial charge in [-0.2, -0.15) is 0 Å². The lowest BCUT2D eigenvalue weighted by atomic mass is 9.44. The molecular formula is C32H35F2NO10. The first-order valence-electron chi connectivity index (χ1n) is 14.7. The van der Waals surface area contributed by atoms with Crippen LogP contribution in [-0.2, 0) is 35.2 Å². The first kappa shape index (κ1) is 32.4. The van der Waals surface area contributed by atoms with E-state index < -0.39 is 94.0 Å². The number of nitro groups is 1. The molecule has 45 heavy (non-hydrogen) atoms. The molecule has 0 aliphatic heterocycles. The van der Waals surface area contributed by atoms with Crippen LogP contribution in [0.15, 0.2) is 48.1 Å². The van der Waals surface area contributed by atoms with Crippen molar-refractivity contribution in [3.8, 4) is 0 Å². The van der Waals surface area contributed by atoms with Gasteiger partial charge in [-0.05, 0) is 55.9 Å². The number of para-hydroxylation sites is 1. The number of allylic oxidation sites excluding steroid dienone is 4. The van der Waals surface area contributed by atoms with E-state index in [1.54, 1.807) is 13.8 Å². The van der Waals surface area contributed by atoms with Gasteiger partial charge in [-0.3, -0.25) is 24.5 Å². The van der Waals surface area contributed by atoms with E-state index in [-0.39, 0.29) is 36.1 Å². The number of aliphatic hydroxyl groups excluding tert-OH is 1. The monoisotopic (exact) mass is 631 g/mol. The molecule has 13 heteroatoms. The molecule has 9 atom stereocenters. The molecular weight excluding hydrogens is 596 g/mol. The first-order chi connectivity index (χ1) is 21.0. The van der Waals surface area contributed by atoms with Crippen molar-refractivity contribution in [2.24, 2.45) is 28.6 Å². The zero-order valence-corrected chi connectivity index (χ0v) is 25.3. The van der Waals surface area contributed by atoms with E-state index in [1.807, 2.05) is 0 Å². The molecule has 0 heterocycles. The van der Waals surface area contributed by atoms with Gasteiger partial charge < -0.3 is 19.3 Å². The summed E-state index contributed by atoms with van der Waals surface area (Å²) in [5.41, 5.74) is -7.65. The summed E-state index contributed by atoms with van der Waals surface area (Å²) in [6.07, 6.45) is -1.78. The highest BCUT2D eigenvalue weighted by Gasteiger charge is 2.78. The van der Waals surface area contributed by atoms with Crippen molar-refractivity contribution in [2.75, 3.05) is 6.61 Å². The second kappa shape index (κ2) is 11.1. The van der Waals surface area contributed by atoms with Gasteiger partial charge in [-0.15, -0.1) is 0 Å². The molecule has 5 rings (SSSR count). The molecule has 1 aromatic rings. The lowest BCUT2D eigenvalue weighted by Gasteiger charge is -2.63. The van der Waals surface area contributed by atoms with Gasteiger partial charge in [0.15, 0.2) is 23.7 Å². The number of Topliss-reactive ketones (excluding diaryl/α,β-unsaturated/α-hetero) is 1. The summed E-state index contributed by atoms with van der Waals surface area (Å²) in [7, 11) is 0. The smallest absolute Gasteiger partial charge is 0.450 e.